The standard InChI is InChI=1S/C18H25N3/c1-4-13(2)21(3)18-11-14(12-19-15-9-10-15)16-7-5-6-8-17(16)20-18/h5-8,11,13,15,19H,4,9-10,12H2,1-3H3. The van der Waals surface area contributed by atoms with E-state index in [4.69, 9.17) is 4.98 Å². The van der Waals surface area contributed by atoms with Crippen LogP contribution in [0.15, 0.2) is 30.3 Å². The Morgan fingerprint density at radius 3 is 2.81 bits per heavy atom. The Bertz CT molecular complexity index is 619. The van der Waals surface area contributed by atoms with Crippen LogP contribution in [-0.2, 0) is 6.54 Å². The smallest absolute Gasteiger partial charge is 0.129 e. The fourth-order valence-electron chi connectivity index (χ4n) is 2.60. The Labute approximate surface area is 127 Å². The number of nitrogens with one attached hydrogen (secondary N) is 1. The Hall–Kier alpha value is -1.61. The van der Waals surface area contributed by atoms with Gasteiger partial charge in [-0.15, -0.1) is 0 Å². The molecule has 1 saturated carbocycles. The SMILES string of the molecule is CCC(C)N(C)c1cc(CNC2CC2)c2ccccc2n1. The first-order valence-electron chi connectivity index (χ1n) is 8.04. The van der Waals surface area contributed by atoms with Gasteiger partial charge in [0.15, 0.2) is 0 Å². The highest BCUT2D eigenvalue weighted by atomic mass is 15.2. The highest BCUT2D eigenvalue weighted by Gasteiger charge is 2.21. The summed E-state index contributed by atoms with van der Waals surface area (Å²) in [7, 11) is 2.14. The number of nitrogens with zero attached hydrogens (tertiary/aromatic N) is 2. The van der Waals surface area contributed by atoms with Crippen LogP contribution in [0.1, 0.15) is 38.7 Å². The maximum Gasteiger partial charge on any atom is 0.129 e. The van der Waals surface area contributed by atoms with E-state index < -0.39 is 0 Å². The van der Waals surface area contributed by atoms with E-state index in [1.54, 1.807) is 0 Å². The first-order valence-corrected chi connectivity index (χ1v) is 8.04. The van der Waals surface area contributed by atoms with Crippen molar-refractivity contribution in [1.82, 2.24) is 10.3 Å². The number of fused-ring (bicyclic) bond motifs is 1. The molecule has 1 unspecified atom stereocenters. The summed E-state index contributed by atoms with van der Waals surface area (Å²) in [6.07, 6.45) is 3.77. The summed E-state index contributed by atoms with van der Waals surface area (Å²) >= 11 is 0. The van der Waals surface area contributed by atoms with E-state index in [-0.39, 0.29) is 0 Å². The van der Waals surface area contributed by atoms with Crippen LogP contribution >= 0.6 is 0 Å². The Morgan fingerprint density at radius 1 is 1.33 bits per heavy atom. The molecule has 0 amide bonds. The van der Waals surface area contributed by atoms with Crippen molar-refractivity contribution in [2.24, 2.45) is 0 Å². The number of benzene rings is 1. The second-order valence-corrected chi connectivity index (χ2v) is 6.18. The molecule has 0 radical (unpaired) electrons. The van der Waals surface area contributed by atoms with Crippen molar-refractivity contribution >= 4 is 16.7 Å². The van der Waals surface area contributed by atoms with Gasteiger partial charge >= 0.3 is 0 Å². The predicted octanol–water partition coefficient (Wildman–Crippen LogP) is 3.72. The average molecular weight is 283 g/mol. The number of anilines is 1. The lowest BCUT2D eigenvalue weighted by atomic mass is 10.1. The van der Waals surface area contributed by atoms with Crippen molar-refractivity contribution in [1.29, 1.82) is 0 Å². The topological polar surface area (TPSA) is 28.2 Å². The molecule has 0 spiro atoms. The van der Waals surface area contributed by atoms with Crippen molar-refractivity contribution in [3.63, 3.8) is 0 Å². The van der Waals surface area contributed by atoms with Crippen LogP contribution in [0.4, 0.5) is 5.82 Å². The zero-order chi connectivity index (χ0) is 14.8. The summed E-state index contributed by atoms with van der Waals surface area (Å²) in [5.74, 6) is 1.08. The lowest BCUT2D eigenvalue weighted by molar-refractivity contribution is 0.655. The second kappa shape index (κ2) is 6.02. The molecule has 1 heterocycles. The zero-order valence-electron chi connectivity index (χ0n) is 13.3. The number of hydrogen-bond donors (Lipinski definition) is 1. The molecule has 3 rings (SSSR count). The minimum absolute atomic E-state index is 0.503. The van der Waals surface area contributed by atoms with Crippen LogP contribution < -0.4 is 10.2 Å². The van der Waals surface area contributed by atoms with E-state index in [1.165, 1.54) is 23.8 Å². The van der Waals surface area contributed by atoms with Crippen molar-refractivity contribution in [2.75, 3.05) is 11.9 Å². The minimum atomic E-state index is 0.503. The summed E-state index contributed by atoms with van der Waals surface area (Å²) in [6.45, 7) is 5.41. The van der Waals surface area contributed by atoms with Gasteiger partial charge in [0.25, 0.3) is 0 Å². The van der Waals surface area contributed by atoms with Crippen LogP contribution in [-0.4, -0.2) is 24.1 Å². The monoisotopic (exact) mass is 283 g/mol. The molecule has 112 valence electrons. The van der Waals surface area contributed by atoms with Crippen LogP contribution in [0.25, 0.3) is 10.9 Å². The average Bonchev–Trinajstić information content (AvgIpc) is 3.35. The molecule has 3 nitrogen and oxygen atoms in total. The quantitative estimate of drug-likeness (QED) is 0.875. The van der Waals surface area contributed by atoms with Crippen molar-refractivity contribution in [3.8, 4) is 0 Å². The number of hydrogen-bond acceptors (Lipinski definition) is 3. The first kappa shape index (κ1) is 14.3. The van der Waals surface area contributed by atoms with Gasteiger partial charge in [-0.3, -0.25) is 0 Å². The lowest BCUT2D eigenvalue weighted by Gasteiger charge is -2.26. The summed E-state index contributed by atoms with van der Waals surface area (Å²) in [4.78, 5) is 7.13. The summed E-state index contributed by atoms with van der Waals surface area (Å²) in [6, 6.07) is 12.0. The van der Waals surface area contributed by atoms with E-state index in [2.05, 4.69) is 61.4 Å². The Balaban J connectivity index is 1.96. The number of aromatic nitrogens is 1. The van der Waals surface area contributed by atoms with Crippen LogP contribution in [0.2, 0.25) is 0 Å². The molecule has 1 aliphatic rings. The third-order valence-corrected chi connectivity index (χ3v) is 4.56. The highest BCUT2D eigenvalue weighted by molar-refractivity contribution is 5.84. The van der Waals surface area contributed by atoms with E-state index >= 15 is 0 Å². The lowest BCUT2D eigenvalue weighted by Crippen LogP contribution is -2.29. The van der Waals surface area contributed by atoms with Gasteiger partial charge in [-0.05, 0) is 43.9 Å². The molecule has 1 aromatic carbocycles. The number of pyridine rings is 1. The normalized spacial score (nSPS) is 16.1. The van der Waals surface area contributed by atoms with Gasteiger partial charge < -0.3 is 10.2 Å². The van der Waals surface area contributed by atoms with E-state index in [0.717, 1.165) is 30.3 Å². The van der Waals surface area contributed by atoms with Crippen molar-refractivity contribution in [2.45, 2.75) is 51.7 Å². The molecule has 1 N–H and O–H groups in total. The molecule has 3 heteroatoms. The third kappa shape index (κ3) is 3.18. The molecule has 2 aromatic rings. The van der Waals surface area contributed by atoms with Gasteiger partial charge in [-0.25, -0.2) is 4.98 Å². The maximum atomic E-state index is 4.85. The van der Waals surface area contributed by atoms with Gasteiger partial charge in [-0.1, -0.05) is 25.1 Å². The van der Waals surface area contributed by atoms with Crippen LogP contribution in [0.3, 0.4) is 0 Å². The number of para-hydroxylation sites is 1. The first-order chi connectivity index (χ1) is 10.2. The molecular formula is C18H25N3. The third-order valence-electron chi connectivity index (χ3n) is 4.56. The molecule has 21 heavy (non-hydrogen) atoms. The molecule has 0 aliphatic heterocycles. The molecule has 0 saturated heterocycles. The van der Waals surface area contributed by atoms with Crippen LogP contribution in [0.5, 0.6) is 0 Å². The van der Waals surface area contributed by atoms with Gasteiger partial charge in [-0.2, -0.15) is 0 Å². The molecule has 0 bridgehead atoms. The summed E-state index contributed by atoms with van der Waals surface area (Å²) in [5, 5.41) is 4.90. The van der Waals surface area contributed by atoms with Crippen LogP contribution in [0, 0.1) is 0 Å². The predicted molar refractivity (Wildman–Crippen MR) is 89.8 cm³/mol. The second-order valence-electron chi connectivity index (χ2n) is 6.18. The number of rotatable bonds is 6. The van der Waals surface area contributed by atoms with Gasteiger partial charge in [0.1, 0.15) is 5.82 Å². The van der Waals surface area contributed by atoms with Gasteiger partial charge in [0.2, 0.25) is 0 Å². The fourth-order valence-corrected chi connectivity index (χ4v) is 2.60. The largest absolute Gasteiger partial charge is 0.357 e. The summed E-state index contributed by atoms with van der Waals surface area (Å²) in [5.41, 5.74) is 2.45. The maximum absolute atomic E-state index is 4.85. The molecule has 1 atom stereocenters. The summed E-state index contributed by atoms with van der Waals surface area (Å²) < 4.78 is 0. The van der Waals surface area contributed by atoms with E-state index in [1.807, 2.05) is 0 Å². The Kier molecular flexibility index (Phi) is 4.11. The van der Waals surface area contributed by atoms with Crippen molar-refractivity contribution in [3.05, 3.63) is 35.9 Å². The molecule has 1 fully saturated rings. The highest BCUT2D eigenvalue weighted by Crippen LogP contribution is 2.25. The van der Waals surface area contributed by atoms with Crippen molar-refractivity contribution < 1.29 is 0 Å². The fraction of sp³-hybridized carbons (Fsp3) is 0.500. The molecule has 1 aliphatic carbocycles. The molecule has 1 aromatic heterocycles. The zero-order valence-corrected chi connectivity index (χ0v) is 13.3. The Morgan fingerprint density at radius 2 is 2.10 bits per heavy atom. The van der Waals surface area contributed by atoms with Gasteiger partial charge in [0.05, 0.1) is 5.52 Å². The minimum Gasteiger partial charge on any atom is -0.357 e. The van der Waals surface area contributed by atoms with Gasteiger partial charge in [0, 0.05) is 31.1 Å². The molecular weight excluding hydrogens is 258 g/mol. The van der Waals surface area contributed by atoms with E-state index in [9.17, 15) is 0 Å². The van der Waals surface area contributed by atoms with E-state index in [0.29, 0.717) is 6.04 Å².